The number of rotatable bonds is 6. The second kappa shape index (κ2) is 8.84. The Morgan fingerprint density at radius 1 is 1.39 bits per heavy atom. The number of nitrogens with zero attached hydrogens (tertiary/aromatic N) is 1. The quantitative estimate of drug-likeness (QED) is 0.846. The summed E-state index contributed by atoms with van der Waals surface area (Å²) in [5.74, 6) is -0.286. The van der Waals surface area contributed by atoms with Crippen LogP contribution in [0.25, 0.3) is 0 Å². The molecule has 0 spiro atoms. The lowest BCUT2D eigenvalue weighted by atomic mass is 10.1. The topological polar surface area (TPSA) is 53.6 Å². The first-order chi connectivity index (χ1) is 11.1. The van der Waals surface area contributed by atoms with Gasteiger partial charge in [0.15, 0.2) is 0 Å². The first kappa shape index (κ1) is 17.7. The van der Waals surface area contributed by atoms with E-state index in [9.17, 15) is 9.18 Å². The van der Waals surface area contributed by atoms with Crippen LogP contribution in [0.4, 0.5) is 14.9 Å². The number of hydrogen-bond acceptors (Lipinski definition) is 3. The maximum atomic E-state index is 13.7. The number of carbonyl (C=O) groups is 1. The van der Waals surface area contributed by atoms with E-state index in [1.54, 1.807) is 19.2 Å². The van der Waals surface area contributed by atoms with Gasteiger partial charge in [-0.25, -0.2) is 9.18 Å². The number of nitrogens with one attached hydrogen (secondary N) is 2. The normalized spacial score (nSPS) is 16.3. The lowest BCUT2D eigenvalue weighted by Crippen LogP contribution is -2.42. The molecule has 6 heteroatoms. The van der Waals surface area contributed by atoms with E-state index in [1.807, 2.05) is 6.92 Å². The molecular formula is C17H26FN3O2. The first-order valence-electron chi connectivity index (χ1n) is 8.20. The summed E-state index contributed by atoms with van der Waals surface area (Å²) in [6, 6.07) is 4.47. The van der Waals surface area contributed by atoms with Gasteiger partial charge in [0.05, 0.1) is 6.10 Å². The number of piperidine rings is 1. The van der Waals surface area contributed by atoms with Crippen molar-refractivity contribution in [2.45, 2.75) is 32.3 Å². The molecule has 0 aliphatic carbocycles. The highest BCUT2D eigenvalue weighted by molar-refractivity contribution is 5.89. The number of urea groups is 1. The van der Waals surface area contributed by atoms with Gasteiger partial charge in [-0.2, -0.15) is 0 Å². The van der Waals surface area contributed by atoms with Crippen molar-refractivity contribution in [1.82, 2.24) is 10.2 Å². The Hall–Kier alpha value is -1.66. The summed E-state index contributed by atoms with van der Waals surface area (Å²) in [7, 11) is 1.75. The largest absolute Gasteiger partial charge is 0.381 e. The fourth-order valence-corrected chi connectivity index (χ4v) is 2.78. The van der Waals surface area contributed by atoms with Gasteiger partial charge in [0.2, 0.25) is 0 Å². The van der Waals surface area contributed by atoms with Crippen LogP contribution in [-0.2, 0) is 11.2 Å². The highest BCUT2D eigenvalue weighted by Gasteiger charge is 2.18. The summed E-state index contributed by atoms with van der Waals surface area (Å²) in [4.78, 5) is 14.1. The number of anilines is 1. The molecule has 0 atom stereocenters. The first-order valence-corrected chi connectivity index (χ1v) is 8.20. The van der Waals surface area contributed by atoms with E-state index in [-0.39, 0.29) is 11.8 Å². The third-order valence-corrected chi connectivity index (χ3v) is 4.27. The van der Waals surface area contributed by atoms with E-state index in [2.05, 4.69) is 15.5 Å². The maximum Gasteiger partial charge on any atom is 0.319 e. The highest BCUT2D eigenvalue weighted by Crippen LogP contribution is 2.15. The molecule has 0 unspecified atom stereocenters. The minimum atomic E-state index is -0.305. The summed E-state index contributed by atoms with van der Waals surface area (Å²) >= 11 is 0. The minimum Gasteiger partial charge on any atom is -0.381 e. The average molecular weight is 323 g/mol. The third kappa shape index (κ3) is 5.48. The van der Waals surface area contributed by atoms with Crippen LogP contribution in [0, 0.1) is 5.82 Å². The number of halogens is 1. The fourth-order valence-electron chi connectivity index (χ4n) is 2.78. The van der Waals surface area contributed by atoms with Gasteiger partial charge in [0, 0.05) is 39.0 Å². The third-order valence-electron chi connectivity index (χ3n) is 4.27. The standard InChI is InChI=1S/C17H26FN3O2/c1-3-13-4-5-14(12-16(13)18)20-17(22)19-8-11-21-9-6-15(23-2)7-10-21/h4-5,12,15H,3,6-11H2,1-2H3,(H2,19,20,22). The second-order valence-electron chi connectivity index (χ2n) is 5.82. The predicted octanol–water partition coefficient (Wildman–Crippen LogP) is 2.62. The second-order valence-corrected chi connectivity index (χ2v) is 5.82. The highest BCUT2D eigenvalue weighted by atomic mass is 19.1. The lowest BCUT2D eigenvalue weighted by molar-refractivity contribution is 0.0417. The van der Waals surface area contributed by atoms with Crippen LogP contribution in [0.2, 0.25) is 0 Å². The molecule has 1 aliphatic heterocycles. The van der Waals surface area contributed by atoms with Crippen LogP contribution < -0.4 is 10.6 Å². The van der Waals surface area contributed by atoms with Crippen molar-refractivity contribution in [1.29, 1.82) is 0 Å². The molecule has 1 aromatic carbocycles. The van der Waals surface area contributed by atoms with Crippen LogP contribution >= 0.6 is 0 Å². The van der Waals surface area contributed by atoms with Crippen molar-refractivity contribution >= 4 is 11.7 Å². The molecule has 1 aromatic rings. The van der Waals surface area contributed by atoms with E-state index in [0.29, 0.717) is 30.3 Å². The Labute approximate surface area is 137 Å². The molecule has 1 aliphatic rings. The molecule has 0 radical (unpaired) electrons. The van der Waals surface area contributed by atoms with Gasteiger partial charge in [-0.1, -0.05) is 13.0 Å². The predicted molar refractivity (Wildman–Crippen MR) is 89.3 cm³/mol. The number of hydrogen-bond donors (Lipinski definition) is 2. The van der Waals surface area contributed by atoms with Crippen LogP contribution in [-0.4, -0.2) is 50.3 Å². The Morgan fingerprint density at radius 3 is 2.74 bits per heavy atom. The molecule has 128 valence electrons. The van der Waals surface area contributed by atoms with Crippen molar-refractivity contribution in [2.24, 2.45) is 0 Å². The maximum absolute atomic E-state index is 13.7. The number of ether oxygens (including phenoxy) is 1. The molecule has 2 amide bonds. The Kier molecular flexibility index (Phi) is 6.80. The smallest absolute Gasteiger partial charge is 0.319 e. The van der Waals surface area contributed by atoms with Crippen LogP contribution in [0.5, 0.6) is 0 Å². The van der Waals surface area contributed by atoms with Crippen LogP contribution in [0.3, 0.4) is 0 Å². The molecule has 5 nitrogen and oxygen atoms in total. The van der Waals surface area contributed by atoms with E-state index in [0.717, 1.165) is 32.5 Å². The van der Waals surface area contributed by atoms with Gasteiger partial charge in [-0.15, -0.1) is 0 Å². The molecule has 0 bridgehead atoms. The minimum absolute atomic E-state index is 0.286. The fraction of sp³-hybridized carbons (Fsp3) is 0.588. The number of likely N-dealkylation sites (tertiary alicyclic amines) is 1. The average Bonchev–Trinajstić information content (AvgIpc) is 2.55. The molecule has 2 rings (SSSR count). The molecule has 1 fully saturated rings. The van der Waals surface area contributed by atoms with Crippen molar-refractivity contribution in [3.8, 4) is 0 Å². The zero-order valence-corrected chi connectivity index (χ0v) is 13.9. The SMILES string of the molecule is CCc1ccc(NC(=O)NCCN2CCC(OC)CC2)cc1F. The van der Waals surface area contributed by atoms with E-state index in [4.69, 9.17) is 4.74 Å². The van der Waals surface area contributed by atoms with Gasteiger partial charge < -0.3 is 20.3 Å². The summed E-state index contributed by atoms with van der Waals surface area (Å²) in [5.41, 5.74) is 1.12. The number of amides is 2. The summed E-state index contributed by atoms with van der Waals surface area (Å²) in [6.45, 7) is 5.26. The molecule has 1 saturated heterocycles. The molecular weight excluding hydrogens is 297 g/mol. The number of carbonyl (C=O) groups excluding carboxylic acids is 1. The van der Waals surface area contributed by atoms with Crippen LogP contribution in [0.15, 0.2) is 18.2 Å². The molecule has 0 aromatic heterocycles. The molecule has 23 heavy (non-hydrogen) atoms. The van der Waals surface area contributed by atoms with Crippen molar-refractivity contribution < 1.29 is 13.9 Å². The Bertz CT molecular complexity index is 517. The van der Waals surface area contributed by atoms with E-state index < -0.39 is 0 Å². The molecule has 0 saturated carbocycles. The van der Waals surface area contributed by atoms with Crippen molar-refractivity contribution in [2.75, 3.05) is 38.6 Å². The van der Waals surface area contributed by atoms with Crippen molar-refractivity contribution in [3.63, 3.8) is 0 Å². The molecule has 1 heterocycles. The Morgan fingerprint density at radius 2 is 2.13 bits per heavy atom. The van der Waals surface area contributed by atoms with E-state index >= 15 is 0 Å². The number of methoxy groups -OCH3 is 1. The lowest BCUT2D eigenvalue weighted by Gasteiger charge is -2.31. The number of benzene rings is 1. The van der Waals surface area contributed by atoms with Gasteiger partial charge >= 0.3 is 6.03 Å². The zero-order valence-electron chi connectivity index (χ0n) is 13.9. The zero-order chi connectivity index (χ0) is 16.7. The van der Waals surface area contributed by atoms with E-state index in [1.165, 1.54) is 6.07 Å². The summed E-state index contributed by atoms with van der Waals surface area (Å²) in [5, 5.41) is 5.47. The van der Waals surface area contributed by atoms with Crippen molar-refractivity contribution in [3.05, 3.63) is 29.6 Å². The number of aryl methyl sites for hydroxylation is 1. The van der Waals surface area contributed by atoms with Gasteiger partial charge in [0.1, 0.15) is 5.82 Å². The molecule has 2 N–H and O–H groups in total. The Balaban J connectivity index is 1.68. The van der Waals surface area contributed by atoms with Crippen LogP contribution in [0.1, 0.15) is 25.3 Å². The van der Waals surface area contributed by atoms with Gasteiger partial charge in [-0.05, 0) is 37.0 Å². The summed E-state index contributed by atoms with van der Waals surface area (Å²) < 4.78 is 19.0. The van der Waals surface area contributed by atoms with Gasteiger partial charge in [0.25, 0.3) is 0 Å². The van der Waals surface area contributed by atoms with Gasteiger partial charge in [-0.3, -0.25) is 0 Å². The summed E-state index contributed by atoms with van der Waals surface area (Å²) in [6.07, 6.45) is 3.07. The monoisotopic (exact) mass is 323 g/mol.